The zero-order chi connectivity index (χ0) is 18.3. The average molecular weight is 372 g/mol. The number of benzene rings is 1. The zero-order valence-electron chi connectivity index (χ0n) is 13.9. The third-order valence-corrected chi connectivity index (χ3v) is 4.00. The van der Waals surface area contributed by atoms with Crippen LogP contribution in [0.2, 0.25) is 0 Å². The molecule has 0 amide bonds. The minimum absolute atomic E-state index is 0.171. The van der Waals surface area contributed by atoms with E-state index in [0.29, 0.717) is 24.1 Å². The maximum atomic E-state index is 12.6. The van der Waals surface area contributed by atoms with Crippen LogP contribution in [0.15, 0.2) is 34.6 Å². The van der Waals surface area contributed by atoms with Gasteiger partial charge in [0.05, 0.1) is 20.2 Å². The van der Waals surface area contributed by atoms with Crippen molar-refractivity contribution in [1.82, 2.24) is 15.6 Å². The Bertz CT molecular complexity index is 715. The van der Waals surface area contributed by atoms with E-state index < -0.39 is 11.9 Å². The molecule has 0 aliphatic heterocycles. The Kier molecular flexibility index (Phi) is 6.63. The Hall–Kier alpha value is -2.29. The maximum absolute atomic E-state index is 12.6. The highest BCUT2D eigenvalue weighted by molar-refractivity contribution is 7.09. The molecule has 2 rings (SSSR count). The van der Waals surface area contributed by atoms with Crippen molar-refractivity contribution >= 4 is 17.3 Å². The zero-order valence-corrected chi connectivity index (χ0v) is 14.7. The van der Waals surface area contributed by atoms with Gasteiger partial charge in [-0.15, -0.1) is 11.3 Å². The molecule has 2 aromatic rings. The first-order valence-electron chi connectivity index (χ1n) is 7.59. The molecule has 1 heterocycles. The number of hydrogen-bond acceptors (Lipinski definition) is 4. The van der Waals surface area contributed by atoms with Gasteiger partial charge >= 0.3 is 6.18 Å². The fourth-order valence-corrected chi connectivity index (χ4v) is 2.71. The lowest BCUT2D eigenvalue weighted by molar-refractivity contribution is -0.140. The van der Waals surface area contributed by atoms with Crippen LogP contribution in [0.3, 0.4) is 0 Å². The number of methoxy groups -OCH3 is 1. The van der Waals surface area contributed by atoms with Gasteiger partial charge in [0.2, 0.25) is 0 Å². The normalized spacial score (nSPS) is 12.1. The highest BCUT2D eigenvalue weighted by atomic mass is 32.1. The van der Waals surface area contributed by atoms with Crippen molar-refractivity contribution in [1.29, 1.82) is 0 Å². The average Bonchev–Trinajstić information content (AvgIpc) is 3.07. The van der Waals surface area contributed by atoms with Crippen molar-refractivity contribution in [3.63, 3.8) is 0 Å². The van der Waals surface area contributed by atoms with E-state index >= 15 is 0 Å². The van der Waals surface area contributed by atoms with Crippen LogP contribution in [-0.4, -0.2) is 24.6 Å². The summed E-state index contributed by atoms with van der Waals surface area (Å²) in [6, 6.07) is 7.52. The van der Waals surface area contributed by atoms with Gasteiger partial charge in [-0.05, 0) is 24.6 Å². The van der Waals surface area contributed by atoms with Crippen molar-refractivity contribution < 1.29 is 17.9 Å². The van der Waals surface area contributed by atoms with Gasteiger partial charge < -0.3 is 15.4 Å². The van der Waals surface area contributed by atoms with Crippen LogP contribution in [0.1, 0.15) is 23.2 Å². The van der Waals surface area contributed by atoms with Gasteiger partial charge in [-0.3, -0.25) is 0 Å². The van der Waals surface area contributed by atoms with Gasteiger partial charge in [0.25, 0.3) is 0 Å². The van der Waals surface area contributed by atoms with Gasteiger partial charge in [-0.1, -0.05) is 12.1 Å². The maximum Gasteiger partial charge on any atom is 0.434 e. The predicted molar refractivity (Wildman–Crippen MR) is 91.8 cm³/mol. The topological polar surface area (TPSA) is 58.5 Å². The first-order chi connectivity index (χ1) is 11.9. The summed E-state index contributed by atoms with van der Waals surface area (Å²) in [5, 5.41) is 7.40. The molecule has 1 aromatic carbocycles. The van der Waals surface area contributed by atoms with E-state index in [1.807, 2.05) is 31.2 Å². The molecule has 1 aromatic heterocycles. The summed E-state index contributed by atoms with van der Waals surface area (Å²) in [4.78, 5) is 8.01. The van der Waals surface area contributed by atoms with Crippen molar-refractivity contribution in [3.05, 3.63) is 45.9 Å². The summed E-state index contributed by atoms with van der Waals surface area (Å²) in [5.74, 6) is 1.25. The molecule has 0 fully saturated rings. The lowest BCUT2D eigenvalue weighted by atomic mass is 10.2. The molecular weight excluding hydrogens is 353 g/mol. The molecular formula is C16H19F3N4OS. The highest BCUT2D eigenvalue weighted by Gasteiger charge is 2.33. The second kappa shape index (κ2) is 8.70. The summed E-state index contributed by atoms with van der Waals surface area (Å²) in [6.45, 7) is 3.13. The number of thiazole rings is 1. The number of rotatable bonds is 6. The van der Waals surface area contributed by atoms with Crippen LogP contribution in [0.5, 0.6) is 5.75 Å². The van der Waals surface area contributed by atoms with Gasteiger partial charge in [0.1, 0.15) is 10.8 Å². The molecule has 0 spiro atoms. The first kappa shape index (κ1) is 19.0. The monoisotopic (exact) mass is 372 g/mol. The smallest absolute Gasteiger partial charge is 0.434 e. The summed E-state index contributed by atoms with van der Waals surface area (Å²) in [7, 11) is 1.59. The second-order valence-electron chi connectivity index (χ2n) is 5.02. The fraction of sp³-hybridized carbons (Fsp3) is 0.375. The van der Waals surface area contributed by atoms with Crippen LogP contribution in [0, 0.1) is 0 Å². The number of nitrogens with one attached hydrogen (secondary N) is 2. The van der Waals surface area contributed by atoms with E-state index in [2.05, 4.69) is 20.6 Å². The number of nitrogens with zero attached hydrogens (tertiary/aromatic N) is 2. The van der Waals surface area contributed by atoms with Crippen LogP contribution < -0.4 is 15.4 Å². The molecule has 25 heavy (non-hydrogen) atoms. The SMILES string of the molecule is CCNC(=NCc1cccc(OC)c1)NCc1nc(C(F)(F)F)cs1. The molecule has 2 N–H and O–H groups in total. The van der Waals surface area contributed by atoms with E-state index in [1.54, 1.807) is 7.11 Å². The third kappa shape index (κ3) is 5.93. The molecule has 0 aliphatic carbocycles. The Labute approximate surface area is 148 Å². The van der Waals surface area contributed by atoms with Crippen molar-refractivity contribution in [2.24, 2.45) is 4.99 Å². The quantitative estimate of drug-likeness (QED) is 0.603. The van der Waals surface area contributed by atoms with Crippen LogP contribution in [0.25, 0.3) is 0 Å². The molecule has 136 valence electrons. The molecule has 0 saturated carbocycles. The number of alkyl halides is 3. The Morgan fingerprint density at radius 2 is 2.12 bits per heavy atom. The predicted octanol–water partition coefficient (Wildman–Crippen LogP) is 3.43. The summed E-state index contributed by atoms with van der Waals surface area (Å²) < 4.78 is 42.9. The first-order valence-corrected chi connectivity index (χ1v) is 8.47. The highest BCUT2D eigenvalue weighted by Crippen LogP contribution is 2.29. The largest absolute Gasteiger partial charge is 0.497 e. The number of aromatic nitrogens is 1. The van der Waals surface area contributed by atoms with E-state index in [-0.39, 0.29) is 6.54 Å². The van der Waals surface area contributed by atoms with Crippen LogP contribution >= 0.6 is 11.3 Å². The molecule has 0 saturated heterocycles. The molecule has 0 unspecified atom stereocenters. The van der Waals surface area contributed by atoms with E-state index in [0.717, 1.165) is 28.0 Å². The van der Waals surface area contributed by atoms with Crippen molar-refractivity contribution in [2.45, 2.75) is 26.2 Å². The van der Waals surface area contributed by atoms with Gasteiger partial charge in [0, 0.05) is 11.9 Å². The number of hydrogen-bond donors (Lipinski definition) is 2. The number of guanidine groups is 1. The molecule has 0 aliphatic rings. The van der Waals surface area contributed by atoms with E-state index in [4.69, 9.17) is 4.74 Å². The van der Waals surface area contributed by atoms with Gasteiger partial charge in [0.15, 0.2) is 11.7 Å². The molecule has 9 heteroatoms. The lowest BCUT2D eigenvalue weighted by Crippen LogP contribution is -2.36. The second-order valence-corrected chi connectivity index (χ2v) is 5.97. The summed E-state index contributed by atoms with van der Waals surface area (Å²) >= 11 is 0.963. The number of ether oxygens (including phenoxy) is 1. The van der Waals surface area contributed by atoms with E-state index in [1.165, 1.54) is 0 Å². The minimum Gasteiger partial charge on any atom is -0.497 e. The number of halogens is 3. The van der Waals surface area contributed by atoms with Gasteiger partial charge in [-0.2, -0.15) is 13.2 Å². The van der Waals surface area contributed by atoms with Crippen molar-refractivity contribution in [2.75, 3.05) is 13.7 Å². The molecule has 0 bridgehead atoms. The Morgan fingerprint density at radius 3 is 2.76 bits per heavy atom. The minimum atomic E-state index is -4.42. The molecule has 0 radical (unpaired) electrons. The van der Waals surface area contributed by atoms with Crippen LogP contribution in [0.4, 0.5) is 13.2 Å². The Morgan fingerprint density at radius 1 is 1.32 bits per heavy atom. The summed E-state index contributed by atoms with van der Waals surface area (Å²) in [5.41, 5.74) is 0.0952. The fourth-order valence-electron chi connectivity index (χ4n) is 1.96. The van der Waals surface area contributed by atoms with E-state index in [9.17, 15) is 13.2 Å². The van der Waals surface area contributed by atoms with Crippen LogP contribution in [-0.2, 0) is 19.3 Å². The lowest BCUT2D eigenvalue weighted by Gasteiger charge is -2.10. The Balaban J connectivity index is 1.98. The van der Waals surface area contributed by atoms with Gasteiger partial charge in [-0.25, -0.2) is 9.98 Å². The third-order valence-electron chi connectivity index (χ3n) is 3.15. The van der Waals surface area contributed by atoms with Crippen molar-refractivity contribution in [3.8, 4) is 5.75 Å². The number of aliphatic imine (C=N–C) groups is 1. The summed E-state index contributed by atoms with van der Waals surface area (Å²) in [6.07, 6.45) is -4.42. The standard InChI is InChI=1S/C16H19F3N4OS/c1-3-20-15(21-8-11-5-4-6-12(7-11)24-2)22-9-14-23-13(10-25-14)16(17,18)19/h4-7,10H,3,8-9H2,1-2H3,(H2,20,21,22). The molecule has 0 atom stereocenters. The molecule has 5 nitrogen and oxygen atoms in total.